The van der Waals surface area contributed by atoms with Gasteiger partial charge >= 0.3 is 0 Å². The molecule has 0 aliphatic heterocycles. The van der Waals surface area contributed by atoms with Gasteiger partial charge in [0.25, 0.3) is 0 Å². The van der Waals surface area contributed by atoms with Crippen LogP contribution in [0.3, 0.4) is 0 Å². The van der Waals surface area contributed by atoms with Crippen LogP contribution < -0.4 is 0 Å². The van der Waals surface area contributed by atoms with Gasteiger partial charge in [-0.1, -0.05) is 12.1 Å². The molecule has 0 spiro atoms. The van der Waals surface area contributed by atoms with E-state index >= 15 is 0 Å². The number of benzene rings is 4. The van der Waals surface area contributed by atoms with Gasteiger partial charge < -0.3 is 0 Å². The Morgan fingerprint density at radius 3 is 0.475 bits per heavy atom. The first kappa shape index (κ1) is 29.9. The second-order valence-corrected chi connectivity index (χ2v) is 12.8. The average molecular weight is 531 g/mol. The lowest BCUT2D eigenvalue weighted by atomic mass is 9.75. The summed E-state index contributed by atoms with van der Waals surface area (Å²) in [6.45, 7) is 37.0. The molecule has 0 amide bonds. The molecule has 0 N–H and O–H groups in total. The minimum Gasteiger partial charge on any atom is -0.0558 e. The topological polar surface area (TPSA) is 0 Å². The van der Waals surface area contributed by atoms with Crippen LogP contribution in [0, 0.1) is 111 Å². The van der Waals surface area contributed by atoms with E-state index in [2.05, 4.69) is 123 Å². The average Bonchev–Trinajstić information content (AvgIpc) is 2.89. The SMILES string of the molecule is Cc1cc(C)c(C)c(-c2c(C)c(C)c(-c3c(C)c(C)c(-c4c(C)c(C)cc(C)c4C)c(C)c3C)c(C)c2C)c1C. The Labute approximate surface area is 244 Å². The molecule has 0 bridgehead atoms. The summed E-state index contributed by atoms with van der Waals surface area (Å²) in [4.78, 5) is 0. The van der Waals surface area contributed by atoms with E-state index in [-0.39, 0.29) is 0 Å². The number of hydrogen-bond acceptors (Lipinski definition) is 0. The van der Waals surface area contributed by atoms with Gasteiger partial charge in [-0.3, -0.25) is 0 Å². The first-order valence-corrected chi connectivity index (χ1v) is 14.9. The third-order valence-corrected chi connectivity index (χ3v) is 10.7. The Kier molecular flexibility index (Phi) is 7.74. The molecule has 210 valence electrons. The third-order valence-electron chi connectivity index (χ3n) is 10.7. The fourth-order valence-electron chi connectivity index (χ4n) is 7.31. The summed E-state index contributed by atoms with van der Waals surface area (Å²) in [5.74, 6) is 0. The number of aryl methyl sites for hydroxylation is 4. The van der Waals surface area contributed by atoms with E-state index < -0.39 is 0 Å². The second kappa shape index (κ2) is 10.4. The summed E-state index contributed by atoms with van der Waals surface area (Å²) in [5.41, 5.74) is 31.0. The van der Waals surface area contributed by atoms with E-state index in [1.54, 1.807) is 0 Å². The van der Waals surface area contributed by atoms with Crippen molar-refractivity contribution in [1.82, 2.24) is 0 Å². The van der Waals surface area contributed by atoms with Crippen LogP contribution in [0.1, 0.15) is 89.0 Å². The van der Waals surface area contributed by atoms with Gasteiger partial charge in [0, 0.05) is 0 Å². The molecule has 4 aromatic rings. The van der Waals surface area contributed by atoms with Gasteiger partial charge in [-0.15, -0.1) is 0 Å². The first-order valence-electron chi connectivity index (χ1n) is 14.9. The maximum absolute atomic E-state index is 2.35. The van der Waals surface area contributed by atoms with Crippen molar-refractivity contribution in [2.24, 2.45) is 0 Å². The molecule has 0 radical (unpaired) electrons. The highest BCUT2D eigenvalue weighted by Crippen LogP contribution is 2.47. The van der Waals surface area contributed by atoms with Crippen LogP contribution in [-0.2, 0) is 0 Å². The monoisotopic (exact) mass is 530 g/mol. The van der Waals surface area contributed by atoms with E-state index in [9.17, 15) is 0 Å². The zero-order chi connectivity index (χ0) is 30.1. The van der Waals surface area contributed by atoms with Crippen LogP contribution in [0.2, 0.25) is 0 Å². The smallest absolute Gasteiger partial charge is 0.0114 e. The molecule has 0 aromatic heterocycles. The Bertz CT molecular complexity index is 1480. The molecule has 40 heavy (non-hydrogen) atoms. The molecular weight excluding hydrogens is 480 g/mol. The molecule has 0 saturated carbocycles. The number of rotatable bonds is 3. The Morgan fingerprint density at radius 1 is 0.200 bits per heavy atom. The van der Waals surface area contributed by atoms with E-state index in [0.717, 1.165) is 0 Å². The molecule has 0 saturated heterocycles. The van der Waals surface area contributed by atoms with Gasteiger partial charge in [-0.25, -0.2) is 0 Å². The molecule has 0 fully saturated rings. The van der Waals surface area contributed by atoms with Crippen molar-refractivity contribution in [3.8, 4) is 33.4 Å². The van der Waals surface area contributed by atoms with Crippen molar-refractivity contribution in [2.75, 3.05) is 0 Å². The minimum atomic E-state index is 1.38. The van der Waals surface area contributed by atoms with Gasteiger partial charge in [-0.05, 0) is 233 Å². The molecule has 0 unspecified atom stereocenters. The molecule has 0 nitrogen and oxygen atoms in total. The van der Waals surface area contributed by atoms with Crippen molar-refractivity contribution >= 4 is 0 Å². The maximum atomic E-state index is 2.35. The van der Waals surface area contributed by atoms with Crippen molar-refractivity contribution in [3.63, 3.8) is 0 Å². The van der Waals surface area contributed by atoms with Crippen LogP contribution in [0.4, 0.5) is 0 Å². The van der Waals surface area contributed by atoms with Gasteiger partial charge in [0.1, 0.15) is 0 Å². The van der Waals surface area contributed by atoms with E-state index in [0.29, 0.717) is 0 Å². The third kappa shape index (κ3) is 4.27. The Balaban J connectivity index is 2.11. The molecule has 4 aromatic carbocycles. The molecule has 4 rings (SSSR count). The minimum absolute atomic E-state index is 1.38. The lowest BCUT2D eigenvalue weighted by molar-refractivity contribution is 1.18. The van der Waals surface area contributed by atoms with Crippen LogP contribution >= 0.6 is 0 Å². The lowest BCUT2D eigenvalue weighted by Gasteiger charge is -2.29. The summed E-state index contributed by atoms with van der Waals surface area (Å²) >= 11 is 0. The highest BCUT2D eigenvalue weighted by atomic mass is 14.3. The molecule has 0 heterocycles. The van der Waals surface area contributed by atoms with E-state index in [1.807, 2.05) is 0 Å². The van der Waals surface area contributed by atoms with Crippen LogP contribution in [0.25, 0.3) is 33.4 Å². The zero-order valence-electron chi connectivity index (χ0n) is 28.2. The summed E-state index contributed by atoms with van der Waals surface area (Å²) in [5, 5.41) is 0. The number of hydrogen-bond donors (Lipinski definition) is 0. The fourth-order valence-corrected chi connectivity index (χ4v) is 7.31. The maximum Gasteiger partial charge on any atom is -0.0114 e. The molecule has 0 atom stereocenters. The quantitative estimate of drug-likeness (QED) is 0.247. The summed E-state index contributed by atoms with van der Waals surface area (Å²) < 4.78 is 0. The van der Waals surface area contributed by atoms with Crippen molar-refractivity contribution < 1.29 is 0 Å². The van der Waals surface area contributed by atoms with Crippen LogP contribution in [-0.4, -0.2) is 0 Å². The Hall–Kier alpha value is -3.12. The highest BCUT2D eigenvalue weighted by Gasteiger charge is 2.26. The molecule has 0 heteroatoms. The summed E-state index contributed by atoms with van der Waals surface area (Å²) in [6.07, 6.45) is 0. The van der Waals surface area contributed by atoms with Gasteiger partial charge in [0.05, 0.1) is 0 Å². The van der Waals surface area contributed by atoms with Gasteiger partial charge in [0.15, 0.2) is 0 Å². The van der Waals surface area contributed by atoms with Crippen molar-refractivity contribution in [1.29, 1.82) is 0 Å². The predicted octanol–water partition coefficient (Wildman–Crippen LogP) is 11.6. The van der Waals surface area contributed by atoms with Crippen LogP contribution in [0.5, 0.6) is 0 Å². The fraction of sp³-hybridized carbons (Fsp3) is 0.400. The Morgan fingerprint density at radius 2 is 0.325 bits per heavy atom. The summed E-state index contributed by atoms with van der Waals surface area (Å²) in [7, 11) is 0. The second-order valence-electron chi connectivity index (χ2n) is 12.8. The zero-order valence-corrected chi connectivity index (χ0v) is 28.2. The molecule has 0 aliphatic rings. The highest BCUT2D eigenvalue weighted by molar-refractivity contribution is 5.91. The lowest BCUT2D eigenvalue weighted by Crippen LogP contribution is -2.08. The first-order chi connectivity index (χ1) is 18.5. The van der Waals surface area contributed by atoms with E-state index in [1.165, 1.54) is 122 Å². The van der Waals surface area contributed by atoms with Gasteiger partial charge in [-0.2, -0.15) is 0 Å². The molecular formula is C40H50. The van der Waals surface area contributed by atoms with Crippen LogP contribution in [0.15, 0.2) is 12.1 Å². The standard InChI is InChI=1S/C40H50/c1-19-17-20(2)24(6)35(23(19)5)37-27(9)31(13)39(32(14)28(37)10)40-33(15)29(11)38(30(12)34(40)16)36-25(7)21(3)18-22(4)26(36)8/h17-18H,1-16H3. The van der Waals surface area contributed by atoms with E-state index in [4.69, 9.17) is 0 Å². The normalized spacial score (nSPS) is 11.5. The largest absolute Gasteiger partial charge is 0.0558 e. The summed E-state index contributed by atoms with van der Waals surface area (Å²) in [6, 6.07) is 4.68. The van der Waals surface area contributed by atoms with Crippen molar-refractivity contribution in [2.45, 2.75) is 111 Å². The molecule has 0 aliphatic carbocycles. The predicted molar refractivity (Wildman–Crippen MR) is 179 cm³/mol. The van der Waals surface area contributed by atoms with Gasteiger partial charge in [0.2, 0.25) is 0 Å². The van der Waals surface area contributed by atoms with Crippen molar-refractivity contribution in [3.05, 3.63) is 101 Å².